The third-order valence-electron chi connectivity index (χ3n) is 4.70. The maximum Gasteiger partial charge on any atom is 0.251 e. The molecule has 2 N–H and O–H groups in total. The fourth-order valence-corrected chi connectivity index (χ4v) is 4.12. The summed E-state index contributed by atoms with van der Waals surface area (Å²) in [4.78, 5) is 23.0. The van der Waals surface area contributed by atoms with Gasteiger partial charge in [-0.25, -0.2) is 9.97 Å². The van der Waals surface area contributed by atoms with Crippen molar-refractivity contribution in [3.63, 3.8) is 0 Å². The maximum atomic E-state index is 12.0. The van der Waals surface area contributed by atoms with Crippen LogP contribution in [0.1, 0.15) is 21.6 Å². The topological polar surface area (TPSA) is 66.9 Å². The minimum absolute atomic E-state index is 0.0919. The van der Waals surface area contributed by atoms with Gasteiger partial charge in [0, 0.05) is 39.7 Å². The van der Waals surface area contributed by atoms with Gasteiger partial charge >= 0.3 is 0 Å². The molecule has 2 heterocycles. The molecule has 0 aliphatic heterocycles. The molecule has 0 saturated heterocycles. The van der Waals surface area contributed by atoms with E-state index < -0.39 is 0 Å². The van der Waals surface area contributed by atoms with Crippen molar-refractivity contribution in [2.45, 2.75) is 23.6 Å². The van der Waals surface area contributed by atoms with Gasteiger partial charge in [-0.3, -0.25) is 4.79 Å². The molecule has 0 spiro atoms. The molecule has 2 aromatic heterocycles. The van der Waals surface area contributed by atoms with E-state index in [1.54, 1.807) is 25.0 Å². The van der Waals surface area contributed by atoms with Gasteiger partial charge in [-0.05, 0) is 67.9 Å². The van der Waals surface area contributed by atoms with E-state index in [0.717, 1.165) is 43.5 Å². The number of aryl methyl sites for hydroxylation is 2. The number of carbonyl (C=O) groups is 1. The van der Waals surface area contributed by atoms with Crippen molar-refractivity contribution in [2.24, 2.45) is 0 Å². The van der Waals surface area contributed by atoms with Crippen molar-refractivity contribution in [1.82, 2.24) is 15.3 Å². The second kappa shape index (κ2) is 8.55. The van der Waals surface area contributed by atoms with E-state index in [1.807, 2.05) is 49.4 Å². The molecule has 0 aliphatic carbocycles. The van der Waals surface area contributed by atoms with E-state index in [4.69, 9.17) is 0 Å². The zero-order valence-corrected chi connectivity index (χ0v) is 17.9. The summed E-state index contributed by atoms with van der Waals surface area (Å²) < 4.78 is 0. The van der Waals surface area contributed by atoms with E-state index in [2.05, 4.69) is 45.7 Å². The Bertz CT molecular complexity index is 1240. The number of rotatable bonds is 5. The van der Waals surface area contributed by atoms with E-state index in [9.17, 15) is 4.79 Å². The van der Waals surface area contributed by atoms with Gasteiger partial charge in [-0.15, -0.1) is 0 Å². The number of benzene rings is 2. The number of hydrogen-bond acceptors (Lipinski definition) is 5. The Balaban J connectivity index is 1.69. The highest BCUT2D eigenvalue weighted by molar-refractivity contribution is 7.99. The van der Waals surface area contributed by atoms with Gasteiger partial charge in [-0.2, -0.15) is 0 Å². The number of pyridine rings is 2. The second-order valence-corrected chi connectivity index (χ2v) is 8.13. The Morgan fingerprint density at radius 3 is 2.67 bits per heavy atom. The predicted octanol–water partition coefficient (Wildman–Crippen LogP) is 5.50. The molecule has 0 atom stereocenters. The van der Waals surface area contributed by atoms with Gasteiger partial charge in [-0.1, -0.05) is 23.9 Å². The molecule has 0 aliphatic rings. The summed E-state index contributed by atoms with van der Waals surface area (Å²) in [6.45, 7) is 4.03. The fourth-order valence-electron chi connectivity index (χ4n) is 3.18. The van der Waals surface area contributed by atoms with Crippen LogP contribution in [0, 0.1) is 13.8 Å². The number of fused-ring (bicyclic) bond motifs is 1. The molecule has 0 bridgehead atoms. The summed E-state index contributed by atoms with van der Waals surface area (Å²) in [5, 5.41) is 7.21. The maximum absolute atomic E-state index is 12.0. The molecule has 0 radical (unpaired) electrons. The first-order valence-corrected chi connectivity index (χ1v) is 10.4. The molecule has 150 valence electrons. The van der Waals surface area contributed by atoms with Crippen LogP contribution in [0.3, 0.4) is 0 Å². The van der Waals surface area contributed by atoms with Crippen LogP contribution in [-0.2, 0) is 0 Å². The van der Waals surface area contributed by atoms with Gasteiger partial charge < -0.3 is 10.6 Å². The Morgan fingerprint density at radius 1 is 0.967 bits per heavy atom. The highest BCUT2D eigenvalue weighted by Gasteiger charge is 2.10. The first kappa shape index (κ1) is 19.9. The van der Waals surface area contributed by atoms with E-state index in [0.29, 0.717) is 5.56 Å². The van der Waals surface area contributed by atoms with Crippen LogP contribution in [0.25, 0.3) is 11.0 Å². The SMILES string of the molecule is CNC(=O)c1cccc(Sc2ccc(C)cc2Nc2ccnc3nc(C)ccc23)c1. The van der Waals surface area contributed by atoms with Crippen LogP contribution in [0.4, 0.5) is 11.4 Å². The van der Waals surface area contributed by atoms with E-state index in [1.165, 1.54) is 0 Å². The Hall–Kier alpha value is -3.38. The quantitative estimate of drug-likeness (QED) is 0.451. The normalized spacial score (nSPS) is 10.8. The smallest absolute Gasteiger partial charge is 0.251 e. The minimum Gasteiger partial charge on any atom is -0.355 e. The lowest BCUT2D eigenvalue weighted by molar-refractivity contribution is 0.0963. The zero-order chi connectivity index (χ0) is 21.1. The first-order valence-electron chi connectivity index (χ1n) is 9.63. The fraction of sp³-hybridized carbons (Fsp3) is 0.125. The zero-order valence-electron chi connectivity index (χ0n) is 17.1. The minimum atomic E-state index is -0.0919. The third kappa shape index (κ3) is 4.28. The van der Waals surface area contributed by atoms with Gasteiger partial charge in [0.25, 0.3) is 5.91 Å². The number of carbonyl (C=O) groups excluding carboxylic acids is 1. The highest BCUT2D eigenvalue weighted by atomic mass is 32.2. The molecule has 0 unspecified atom stereocenters. The van der Waals surface area contributed by atoms with Gasteiger partial charge in [0.2, 0.25) is 0 Å². The van der Waals surface area contributed by atoms with Gasteiger partial charge in [0.15, 0.2) is 5.65 Å². The largest absolute Gasteiger partial charge is 0.355 e. The average Bonchev–Trinajstić information content (AvgIpc) is 2.75. The van der Waals surface area contributed by atoms with Crippen LogP contribution in [0.5, 0.6) is 0 Å². The molecule has 30 heavy (non-hydrogen) atoms. The van der Waals surface area contributed by atoms with Gasteiger partial charge in [0.05, 0.1) is 11.4 Å². The molecular formula is C24H22N4OS. The number of hydrogen-bond donors (Lipinski definition) is 2. The third-order valence-corrected chi connectivity index (χ3v) is 5.76. The van der Waals surface area contributed by atoms with Gasteiger partial charge in [0.1, 0.15) is 0 Å². The Morgan fingerprint density at radius 2 is 1.83 bits per heavy atom. The van der Waals surface area contributed by atoms with Crippen molar-refractivity contribution >= 4 is 40.1 Å². The lowest BCUT2D eigenvalue weighted by Crippen LogP contribution is -2.17. The monoisotopic (exact) mass is 414 g/mol. The molecule has 6 heteroatoms. The van der Waals surface area contributed by atoms with Crippen LogP contribution in [-0.4, -0.2) is 22.9 Å². The standard InChI is InChI=1S/C24H22N4OS/c1-15-7-10-22(30-18-6-4-5-17(14-18)24(29)25-3)21(13-15)28-20-11-12-26-23-19(20)9-8-16(2)27-23/h4-14H,1-3H3,(H,25,29)(H,26,27,28). The summed E-state index contributed by atoms with van der Waals surface area (Å²) in [5.41, 5.74) is 5.42. The number of anilines is 2. The van der Waals surface area contributed by atoms with Crippen LogP contribution in [0.2, 0.25) is 0 Å². The molecule has 4 aromatic rings. The first-order chi connectivity index (χ1) is 14.5. The molecule has 4 rings (SSSR count). The lowest BCUT2D eigenvalue weighted by atomic mass is 10.2. The van der Waals surface area contributed by atoms with Crippen LogP contribution in [0.15, 0.2) is 76.7 Å². The summed E-state index contributed by atoms with van der Waals surface area (Å²) in [5.74, 6) is -0.0919. The lowest BCUT2D eigenvalue weighted by Gasteiger charge is -2.15. The summed E-state index contributed by atoms with van der Waals surface area (Å²) >= 11 is 1.62. The van der Waals surface area contributed by atoms with E-state index in [-0.39, 0.29) is 5.91 Å². The molecule has 0 saturated carbocycles. The van der Waals surface area contributed by atoms with Crippen molar-refractivity contribution in [3.8, 4) is 0 Å². The molecule has 1 amide bonds. The second-order valence-electron chi connectivity index (χ2n) is 7.02. The Kier molecular flexibility index (Phi) is 5.68. The van der Waals surface area contributed by atoms with Crippen molar-refractivity contribution < 1.29 is 4.79 Å². The van der Waals surface area contributed by atoms with Crippen LogP contribution < -0.4 is 10.6 Å². The summed E-state index contributed by atoms with van der Waals surface area (Å²) in [7, 11) is 1.64. The molecular weight excluding hydrogens is 392 g/mol. The van der Waals surface area contributed by atoms with Crippen molar-refractivity contribution in [1.29, 1.82) is 0 Å². The van der Waals surface area contributed by atoms with Crippen molar-refractivity contribution in [3.05, 3.63) is 83.7 Å². The average molecular weight is 415 g/mol. The molecule has 0 fully saturated rings. The predicted molar refractivity (Wildman–Crippen MR) is 123 cm³/mol. The highest BCUT2D eigenvalue weighted by Crippen LogP contribution is 2.37. The molecule has 5 nitrogen and oxygen atoms in total. The number of amides is 1. The van der Waals surface area contributed by atoms with Crippen LogP contribution >= 0.6 is 11.8 Å². The van der Waals surface area contributed by atoms with E-state index >= 15 is 0 Å². The van der Waals surface area contributed by atoms with Crippen molar-refractivity contribution in [2.75, 3.05) is 12.4 Å². The molecule has 2 aromatic carbocycles. The summed E-state index contributed by atoms with van der Waals surface area (Å²) in [6, 6.07) is 19.9. The number of nitrogens with one attached hydrogen (secondary N) is 2. The number of nitrogens with zero attached hydrogens (tertiary/aromatic N) is 2. The summed E-state index contributed by atoms with van der Waals surface area (Å²) in [6.07, 6.45) is 1.77. The Labute approximate surface area is 180 Å². The number of aromatic nitrogens is 2.